The highest BCUT2D eigenvalue weighted by atomic mass is 79.9. The Kier molecular flexibility index (Phi) is 3.75. The molecule has 1 fully saturated rings. The molecule has 7 heteroatoms. The lowest BCUT2D eigenvalue weighted by Crippen LogP contribution is -2.39. The molecule has 18 heavy (non-hydrogen) atoms. The first-order valence-electron chi connectivity index (χ1n) is 5.45. The highest BCUT2D eigenvalue weighted by molar-refractivity contribution is 9.10. The fraction of sp³-hybridized carbons (Fsp3) is 0.455. The van der Waals surface area contributed by atoms with Gasteiger partial charge in [-0.05, 0) is 40.9 Å². The van der Waals surface area contributed by atoms with Crippen molar-refractivity contribution in [3.63, 3.8) is 0 Å². The number of primary sulfonamides is 1. The van der Waals surface area contributed by atoms with Crippen LogP contribution in [0.5, 0.6) is 0 Å². The first-order chi connectivity index (χ1) is 8.28. The third kappa shape index (κ3) is 2.19. The number of hydrogen-bond acceptors (Lipinski definition) is 2. The fourth-order valence-corrected chi connectivity index (χ4v) is 4.66. The van der Waals surface area contributed by atoms with E-state index in [4.69, 9.17) is 16.7 Å². The summed E-state index contributed by atoms with van der Waals surface area (Å²) in [4.78, 5) is 0. The van der Waals surface area contributed by atoms with Crippen LogP contribution in [0.3, 0.4) is 0 Å². The summed E-state index contributed by atoms with van der Waals surface area (Å²) in [6.07, 6.45) is 2.07. The van der Waals surface area contributed by atoms with E-state index in [-0.39, 0.29) is 15.1 Å². The van der Waals surface area contributed by atoms with Gasteiger partial charge in [0.1, 0.15) is 10.6 Å². The predicted octanol–water partition coefficient (Wildman–Crippen LogP) is 3.30. The Hall–Kier alpha value is -0.170. The summed E-state index contributed by atoms with van der Waals surface area (Å²) in [7, 11) is -3.89. The summed E-state index contributed by atoms with van der Waals surface area (Å²) in [5.74, 6) is -0.602. The lowest BCUT2D eigenvalue weighted by atomic mass is 9.96. The maximum absolute atomic E-state index is 14.2. The van der Waals surface area contributed by atoms with Crippen molar-refractivity contribution in [3.8, 4) is 0 Å². The van der Waals surface area contributed by atoms with Crippen molar-refractivity contribution < 1.29 is 12.8 Å². The van der Waals surface area contributed by atoms with E-state index < -0.39 is 20.6 Å². The highest BCUT2D eigenvalue weighted by Gasteiger charge is 2.47. The average Bonchev–Trinajstić information content (AvgIpc) is 2.72. The summed E-state index contributed by atoms with van der Waals surface area (Å²) in [6.45, 7) is 0. The SMILES string of the molecule is NS(=O)(=O)C1(c2cc(Cl)cc(Br)c2F)CCCC1. The van der Waals surface area contributed by atoms with Crippen molar-refractivity contribution >= 4 is 37.6 Å². The smallest absolute Gasteiger partial charge is 0.219 e. The molecule has 100 valence electrons. The van der Waals surface area contributed by atoms with Crippen LogP contribution in [0, 0.1) is 5.82 Å². The second-order valence-electron chi connectivity index (χ2n) is 4.50. The van der Waals surface area contributed by atoms with E-state index in [1.54, 1.807) is 0 Å². The van der Waals surface area contributed by atoms with Crippen LogP contribution in [0.25, 0.3) is 0 Å². The molecule has 0 unspecified atom stereocenters. The van der Waals surface area contributed by atoms with Crippen LogP contribution < -0.4 is 5.14 Å². The number of sulfonamides is 1. The van der Waals surface area contributed by atoms with E-state index in [1.165, 1.54) is 12.1 Å². The van der Waals surface area contributed by atoms with Gasteiger partial charge in [-0.25, -0.2) is 17.9 Å². The molecule has 0 radical (unpaired) electrons. The molecule has 2 rings (SSSR count). The van der Waals surface area contributed by atoms with Gasteiger partial charge in [0.2, 0.25) is 10.0 Å². The lowest BCUT2D eigenvalue weighted by Gasteiger charge is -2.27. The Morgan fingerprint density at radius 2 is 1.89 bits per heavy atom. The molecule has 1 saturated carbocycles. The molecule has 0 heterocycles. The number of rotatable bonds is 2. The first-order valence-corrected chi connectivity index (χ1v) is 8.17. The Morgan fingerprint density at radius 3 is 2.39 bits per heavy atom. The van der Waals surface area contributed by atoms with E-state index in [9.17, 15) is 12.8 Å². The maximum Gasteiger partial charge on any atom is 0.219 e. The molecule has 0 amide bonds. The van der Waals surface area contributed by atoms with Crippen molar-refractivity contribution in [2.45, 2.75) is 30.4 Å². The molecule has 3 nitrogen and oxygen atoms in total. The lowest BCUT2D eigenvalue weighted by molar-refractivity contribution is 0.498. The molecule has 0 bridgehead atoms. The third-order valence-corrected chi connectivity index (χ3v) is 5.95. The Bertz CT molecular complexity index is 585. The molecule has 1 aliphatic carbocycles. The Morgan fingerprint density at radius 1 is 1.33 bits per heavy atom. The van der Waals surface area contributed by atoms with Crippen molar-refractivity contribution in [1.29, 1.82) is 0 Å². The fourth-order valence-electron chi connectivity index (χ4n) is 2.54. The van der Waals surface area contributed by atoms with E-state index in [1.807, 2.05) is 0 Å². The van der Waals surface area contributed by atoms with Gasteiger partial charge in [-0.1, -0.05) is 24.4 Å². The number of halogens is 3. The quantitative estimate of drug-likeness (QED) is 0.827. The largest absolute Gasteiger partial charge is 0.228 e. The van der Waals surface area contributed by atoms with Gasteiger partial charge in [-0.3, -0.25) is 0 Å². The predicted molar refractivity (Wildman–Crippen MR) is 72.4 cm³/mol. The molecule has 2 N–H and O–H groups in total. The van der Waals surface area contributed by atoms with Gasteiger partial charge in [0.15, 0.2) is 0 Å². The van der Waals surface area contributed by atoms with E-state index in [2.05, 4.69) is 15.9 Å². The molecular formula is C11H12BrClFNO2S. The maximum atomic E-state index is 14.2. The number of nitrogens with two attached hydrogens (primary N) is 1. The molecule has 1 aromatic carbocycles. The van der Waals surface area contributed by atoms with Crippen molar-refractivity contribution in [2.24, 2.45) is 5.14 Å². The van der Waals surface area contributed by atoms with Crippen molar-refractivity contribution in [1.82, 2.24) is 0 Å². The standard InChI is InChI=1S/C11H12BrClFNO2S/c12-9-6-7(13)5-8(10(9)14)11(18(15,16)17)3-1-2-4-11/h5-6H,1-4H2,(H2,15,16,17). The molecule has 0 aromatic heterocycles. The van der Waals surface area contributed by atoms with Crippen molar-refractivity contribution in [2.75, 3.05) is 0 Å². The van der Waals surface area contributed by atoms with E-state index in [0.29, 0.717) is 25.7 Å². The van der Waals surface area contributed by atoms with Crippen LogP contribution in [0.15, 0.2) is 16.6 Å². The van der Waals surface area contributed by atoms with Gasteiger partial charge in [0.05, 0.1) is 4.47 Å². The van der Waals surface area contributed by atoms with Crippen LogP contribution >= 0.6 is 27.5 Å². The van der Waals surface area contributed by atoms with Gasteiger partial charge < -0.3 is 0 Å². The molecular weight excluding hydrogens is 345 g/mol. The molecule has 0 spiro atoms. The second kappa shape index (κ2) is 4.74. The number of hydrogen-bond donors (Lipinski definition) is 1. The zero-order chi connectivity index (χ0) is 13.6. The highest BCUT2D eigenvalue weighted by Crippen LogP contribution is 2.46. The Balaban J connectivity index is 2.72. The summed E-state index contributed by atoms with van der Waals surface area (Å²) >= 11 is 8.92. The monoisotopic (exact) mass is 355 g/mol. The number of benzene rings is 1. The normalized spacial score (nSPS) is 19.1. The van der Waals surface area contributed by atoms with Crippen LogP contribution in [-0.4, -0.2) is 8.42 Å². The minimum Gasteiger partial charge on any atom is -0.228 e. The Labute approximate surface area is 119 Å². The summed E-state index contributed by atoms with van der Waals surface area (Å²) in [6, 6.07) is 2.75. The van der Waals surface area contributed by atoms with Gasteiger partial charge in [0.25, 0.3) is 0 Å². The van der Waals surface area contributed by atoms with Crippen molar-refractivity contribution in [3.05, 3.63) is 33.0 Å². The van der Waals surface area contributed by atoms with Gasteiger partial charge in [-0.2, -0.15) is 0 Å². The summed E-state index contributed by atoms with van der Waals surface area (Å²) < 4.78 is 36.8. The van der Waals surface area contributed by atoms with Crippen LogP contribution in [-0.2, 0) is 14.8 Å². The molecule has 0 saturated heterocycles. The molecule has 1 aromatic rings. The summed E-state index contributed by atoms with van der Waals surface area (Å²) in [5.41, 5.74) is 0.0712. The van der Waals surface area contributed by atoms with Crippen LogP contribution in [0.4, 0.5) is 4.39 Å². The van der Waals surface area contributed by atoms with E-state index in [0.717, 1.165) is 0 Å². The topological polar surface area (TPSA) is 60.2 Å². The van der Waals surface area contributed by atoms with E-state index >= 15 is 0 Å². The first kappa shape index (κ1) is 14.2. The van der Waals surface area contributed by atoms with Crippen LogP contribution in [0.1, 0.15) is 31.2 Å². The van der Waals surface area contributed by atoms with Gasteiger partial charge >= 0.3 is 0 Å². The van der Waals surface area contributed by atoms with Crippen LogP contribution in [0.2, 0.25) is 5.02 Å². The summed E-state index contributed by atoms with van der Waals surface area (Å²) in [5, 5.41) is 5.61. The minimum absolute atomic E-state index is 0.0712. The minimum atomic E-state index is -3.89. The van der Waals surface area contributed by atoms with Gasteiger partial charge in [-0.15, -0.1) is 0 Å². The molecule has 0 atom stereocenters. The third-order valence-electron chi connectivity index (χ3n) is 3.44. The molecule has 1 aliphatic rings. The molecule has 0 aliphatic heterocycles. The zero-order valence-corrected chi connectivity index (χ0v) is 12.6. The van der Waals surface area contributed by atoms with Gasteiger partial charge in [0, 0.05) is 10.6 Å². The average molecular weight is 357 g/mol. The zero-order valence-electron chi connectivity index (χ0n) is 9.42. The second-order valence-corrected chi connectivity index (χ2v) is 7.66.